The van der Waals surface area contributed by atoms with E-state index >= 15 is 0 Å². The highest BCUT2D eigenvalue weighted by Gasteiger charge is 2.18. The third-order valence-corrected chi connectivity index (χ3v) is 2.96. The molecule has 112 valence electrons. The number of aliphatic hydroxyl groups is 1. The van der Waals surface area contributed by atoms with Crippen LogP contribution in [0, 0.1) is 6.92 Å². The molecule has 7 nitrogen and oxygen atoms in total. The average molecular weight is 290 g/mol. The number of aromatic amines is 1. The lowest BCUT2D eigenvalue weighted by Gasteiger charge is -2.20. The number of amides is 1. The van der Waals surface area contributed by atoms with E-state index in [9.17, 15) is 4.79 Å². The monoisotopic (exact) mass is 290 g/mol. The Hall–Kier alpha value is -2.41. The molecular formula is C14H18N4O3. The van der Waals surface area contributed by atoms with Gasteiger partial charge in [-0.05, 0) is 13.0 Å². The summed E-state index contributed by atoms with van der Waals surface area (Å²) in [6, 6.07) is 3.25. The number of aromatic nitrogens is 3. The Labute approximate surface area is 122 Å². The fourth-order valence-electron chi connectivity index (χ4n) is 1.95. The molecule has 1 amide bonds. The Kier molecular flexibility index (Phi) is 4.89. The molecule has 0 aliphatic carbocycles. The predicted molar refractivity (Wildman–Crippen MR) is 75.9 cm³/mol. The minimum absolute atomic E-state index is 0.122. The van der Waals surface area contributed by atoms with Crippen molar-refractivity contribution in [2.75, 3.05) is 20.3 Å². The summed E-state index contributed by atoms with van der Waals surface area (Å²) in [5, 5.41) is 9.15. The summed E-state index contributed by atoms with van der Waals surface area (Å²) in [4.78, 5) is 25.2. The molecule has 2 heterocycles. The second kappa shape index (κ2) is 6.85. The molecule has 0 aliphatic heterocycles. The van der Waals surface area contributed by atoms with E-state index in [2.05, 4.69) is 15.0 Å². The Morgan fingerprint density at radius 1 is 1.48 bits per heavy atom. The van der Waals surface area contributed by atoms with Gasteiger partial charge in [-0.3, -0.25) is 9.78 Å². The van der Waals surface area contributed by atoms with Crippen LogP contribution in [0.2, 0.25) is 0 Å². The van der Waals surface area contributed by atoms with E-state index in [4.69, 9.17) is 9.84 Å². The second-order valence-electron chi connectivity index (χ2n) is 4.53. The van der Waals surface area contributed by atoms with Crippen LogP contribution in [0.4, 0.5) is 0 Å². The van der Waals surface area contributed by atoms with Crippen molar-refractivity contribution in [3.8, 4) is 5.75 Å². The zero-order chi connectivity index (χ0) is 15.2. The van der Waals surface area contributed by atoms with Crippen molar-refractivity contribution in [2.45, 2.75) is 13.5 Å². The lowest BCUT2D eigenvalue weighted by atomic mass is 10.3. The van der Waals surface area contributed by atoms with Gasteiger partial charge in [0, 0.05) is 18.8 Å². The summed E-state index contributed by atoms with van der Waals surface area (Å²) in [7, 11) is 1.53. The number of carbonyl (C=O) groups is 1. The predicted octanol–water partition coefficient (Wildman–Crippen LogP) is 0.756. The van der Waals surface area contributed by atoms with E-state index in [0.717, 1.165) is 11.5 Å². The highest BCUT2D eigenvalue weighted by molar-refractivity contribution is 5.92. The summed E-state index contributed by atoms with van der Waals surface area (Å²) >= 11 is 0. The first-order valence-corrected chi connectivity index (χ1v) is 6.54. The van der Waals surface area contributed by atoms with E-state index in [1.807, 2.05) is 6.92 Å². The van der Waals surface area contributed by atoms with Gasteiger partial charge in [-0.2, -0.15) is 0 Å². The highest BCUT2D eigenvalue weighted by Crippen LogP contribution is 2.13. The number of nitrogens with zero attached hydrogens (tertiary/aromatic N) is 3. The first-order chi connectivity index (χ1) is 10.1. The molecule has 0 spiro atoms. The first-order valence-electron chi connectivity index (χ1n) is 6.54. The van der Waals surface area contributed by atoms with Gasteiger partial charge in [0.05, 0.1) is 32.2 Å². The lowest BCUT2D eigenvalue weighted by molar-refractivity contribution is 0.0699. The zero-order valence-corrected chi connectivity index (χ0v) is 12.0. The molecule has 7 heteroatoms. The van der Waals surface area contributed by atoms with Crippen molar-refractivity contribution < 1.29 is 14.6 Å². The Bertz CT molecular complexity index is 612. The van der Waals surface area contributed by atoms with Gasteiger partial charge in [-0.15, -0.1) is 0 Å². The molecule has 0 radical (unpaired) electrons. The molecule has 0 bridgehead atoms. The number of methoxy groups -OCH3 is 1. The Morgan fingerprint density at radius 2 is 2.29 bits per heavy atom. The van der Waals surface area contributed by atoms with Crippen LogP contribution >= 0.6 is 0 Å². The lowest BCUT2D eigenvalue weighted by Crippen LogP contribution is -2.33. The van der Waals surface area contributed by atoms with Crippen LogP contribution in [0.15, 0.2) is 24.5 Å². The number of imidazole rings is 1. The maximum atomic E-state index is 12.5. The van der Waals surface area contributed by atoms with Gasteiger partial charge in [-0.1, -0.05) is 0 Å². The number of rotatable bonds is 6. The summed E-state index contributed by atoms with van der Waals surface area (Å²) in [6.07, 6.45) is 3.19. The van der Waals surface area contributed by atoms with E-state index in [1.165, 1.54) is 18.2 Å². The van der Waals surface area contributed by atoms with Gasteiger partial charge in [0.15, 0.2) is 0 Å². The number of nitrogens with one attached hydrogen (secondary N) is 1. The highest BCUT2D eigenvalue weighted by atomic mass is 16.5. The van der Waals surface area contributed by atoms with E-state index < -0.39 is 0 Å². The maximum Gasteiger partial charge on any atom is 0.273 e. The van der Waals surface area contributed by atoms with E-state index in [-0.39, 0.29) is 24.8 Å². The molecule has 2 N–H and O–H groups in total. The summed E-state index contributed by atoms with van der Waals surface area (Å²) in [5.74, 6) is 1.07. The first kappa shape index (κ1) is 15.0. The number of aryl methyl sites for hydroxylation is 1. The number of hydrogen-bond donors (Lipinski definition) is 2. The quantitative estimate of drug-likeness (QED) is 0.819. The summed E-state index contributed by atoms with van der Waals surface area (Å²) in [6.45, 7) is 2.27. The molecular weight excluding hydrogens is 272 g/mol. The summed E-state index contributed by atoms with van der Waals surface area (Å²) < 4.78 is 5.09. The number of carbonyl (C=O) groups excluding carboxylic acids is 1. The molecule has 0 aliphatic rings. The third-order valence-electron chi connectivity index (χ3n) is 2.96. The Morgan fingerprint density at radius 3 is 2.90 bits per heavy atom. The molecule has 0 saturated carbocycles. The fourth-order valence-corrected chi connectivity index (χ4v) is 1.95. The summed E-state index contributed by atoms with van der Waals surface area (Å²) in [5.41, 5.74) is 1.08. The van der Waals surface area contributed by atoms with Gasteiger partial charge in [0.1, 0.15) is 17.3 Å². The van der Waals surface area contributed by atoms with Crippen molar-refractivity contribution in [1.29, 1.82) is 0 Å². The molecule has 0 fully saturated rings. The number of ether oxygens (including phenoxy) is 1. The van der Waals surface area contributed by atoms with Crippen LogP contribution < -0.4 is 4.74 Å². The van der Waals surface area contributed by atoms with E-state index in [1.54, 1.807) is 18.3 Å². The molecule has 0 unspecified atom stereocenters. The molecule has 2 aromatic heterocycles. The molecule has 21 heavy (non-hydrogen) atoms. The number of hydrogen-bond acceptors (Lipinski definition) is 5. The van der Waals surface area contributed by atoms with Crippen molar-refractivity contribution in [1.82, 2.24) is 19.9 Å². The minimum Gasteiger partial charge on any atom is -0.497 e. The van der Waals surface area contributed by atoms with Gasteiger partial charge >= 0.3 is 0 Å². The number of pyridine rings is 1. The molecule has 0 atom stereocenters. The van der Waals surface area contributed by atoms with Gasteiger partial charge in [0.2, 0.25) is 0 Å². The maximum absolute atomic E-state index is 12.5. The third kappa shape index (κ3) is 3.79. The van der Waals surface area contributed by atoms with Crippen LogP contribution in [0.25, 0.3) is 0 Å². The topological polar surface area (TPSA) is 91.3 Å². The van der Waals surface area contributed by atoms with Crippen molar-refractivity contribution in [3.05, 3.63) is 41.7 Å². The van der Waals surface area contributed by atoms with Crippen LogP contribution in [-0.4, -0.2) is 51.1 Å². The molecule has 2 rings (SSSR count). The number of aliphatic hydroxyl groups excluding tert-OH is 1. The molecule has 0 saturated heterocycles. The van der Waals surface area contributed by atoms with Gasteiger partial charge < -0.3 is 19.7 Å². The SMILES string of the molecule is COc1ccnc(C(=O)N(CCO)Cc2cnc(C)[nH]2)c1. The largest absolute Gasteiger partial charge is 0.497 e. The zero-order valence-electron chi connectivity index (χ0n) is 12.0. The smallest absolute Gasteiger partial charge is 0.273 e. The molecule has 2 aromatic rings. The van der Waals surface area contributed by atoms with Crippen LogP contribution in [0.5, 0.6) is 5.75 Å². The fraction of sp³-hybridized carbons (Fsp3) is 0.357. The van der Waals surface area contributed by atoms with Crippen LogP contribution in [0.3, 0.4) is 0 Å². The Balaban J connectivity index is 2.18. The van der Waals surface area contributed by atoms with Crippen molar-refractivity contribution in [3.63, 3.8) is 0 Å². The van der Waals surface area contributed by atoms with Gasteiger partial charge in [0.25, 0.3) is 5.91 Å². The standard InChI is InChI=1S/C14H18N4O3/c1-10-16-8-11(17-10)9-18(5-6-19)14(20)13-7-12(21-2)3-4-15-13/h3-4,7-8,19H,5-6,9H2,1-2H3,(H,16,17). The molecule has 0 aromatic carbocycles. The minimum atomic E-state index is -0.268. The van der Waals surface area contributed by atoms with Gasteiger partial charge in [-0.25, -0.2) is 4.98 Å². The van der Waals surface area contributed by atoms with Crippen LogP contribution in [-0.2, 0) is 6.54 Å². The van der Waals surface area contributed by atoms with E-state index in [0.29, 0.717) is 12.3 Å². The van der Waals surface area contributed by atoms with Crippen molar-refractivity contribution in [2.24, 2.45) is 0 Å². The number of H-pyrrole nitrogens is 1. The average Bonchev–Trinajstić information content (AvgIpc) is 2.91. The van der Waals surface area contributed by atoms with Crippen LogP contribution in [0.1, 0.15) is 22.0 Å². The normalized spacial score (nSPS) is 10.4. The van der Waals surface area contributed by atoms with Crippen molar-refractivity contribution >= 4 is 5.91 Å². The second-order valence-corrected chi connectivity index (χ2v) is 4.53.